The largest absolute Gasteiger partial charge is 0.365 e. The molecule has 1 amide bonds. The van der Waals surface area contributed by atoms with Crippen molar-refractivity contribution in [2.75, 3.05) is 32.1 Å². The van der Waals surface area contributed by atoms with Crippen LogP contribution in [0.2, 0.25) is 0 Å². The molecule has 0 aliphatic rings. The average Bonchev–Trinajstić information content (AvgIpc) is 2.38. The van der Waals surface area contributed by atoms with Crippen LogP contribution in [-0.2, 0) is 11.3 Å². The Bertz CT molecular complexity index is 423. The van der Waals surface area contributed by atoms with Crippen LogP contribution in [0.15, 0.2) is 22.7 Å². The molecule has 0 radical (unpaired) electrons. The van der Waals surface area contributed by atoms with Gasteiger partial charge < -0.3 is 15.5 Å². The van der Waals surface area contributed by atoms with Crippen LogP contribution < -0.4 is 15.5 Å². The number of hydrogen-bond donors (Lipinski definition) is 2. The zero-order chi connectivity index (χ0) is 14.3. The van der Waals surface area contributed by atoms with Gasteiger partial charge in [-0.25, -0.2) is 0 Å². The second-order valence-corrected chi connectivity index (χ2v) is 5.37. The van der Waals surface area contributed by atoms with E-state index in [-0.39, 0.29) is 5.91 Å². The van der Waals surface area contributed by atoms with Crippen LogP contribution in [0, 0.1) is 0 Å². The Morgan fingerprint density at radius 3 is 2.74 bits per heavy atom. The monoisotopic (exact) mass is 327 g/mol. The van der Waals surface area contributed by atoms with Crippen LogP contribution in [0.4, 0.5) is 5.69 Å². The average molecular weight is 328 g/mol. The third-order valence-electron chi connectivity index (χ3n) is 2.80. The molecule has 5 heteroatoms. The van der Waals surface area contributed by atoms with Crippen LogP contribution in [0.1, 0.15) is 18.9 Å². The summed E-state index contributed by atoms with van der Waals surface area (Å²) in [6.45, 7) is 3.97. The van der Waals surface area contributed by atoms with E-state index in [1.54, 1.807) is 0 Å². The number of nitrogens with zero attached hydrogens (tertiary/aromatic N) is 1. The Hall–Kier alpha value is -1.07. The van der Waals surface area contributed by atoms with E-state index in [2.05, 4.69) is 32.6 Å². The quantitative estimate of drug-likeness (QED) is 0.806. The lowest BCUT2D eigenvalue weighted by Gasteiger charge is -2.19. The van der Waals surface area contributed by atoms with Gasteiger partial charge in [0.15, 0.2) is 0 Å². The molecule has 0 heterocycles. The molecule has 0 saturated heterocycles. The highest BCUT2D eigenvalue weighted by atomic mass is 79.9. The highest BCUT2D eigenvalue weighted by Crippen LogP contribution is 2.23. The first-order valence-electron chi connectivity index (χ1n) is 6.49. The Morgan fingerprint density at radius 2 is 2.16 bits per heavy atom. The van der Waals surface area contributed by atoms with Gasteiger partial charge in [0.2, 0.25) is 5.91 Å². The van der Waals surface area contributed by atoms with Gasteiger partial charge in [0.25, 0.3) is 0 Å². The molecule has 19 heavy (non-hydrogen) atoms. The Morgan fingerprint density at radius 1 is 1.42 bits per heavy atom. The van der Waals surface area contributed by atoms with Crippen LogP contribution in [0.5, 0.6) is 0 Å². The summed E-state index contributed by atoms with van der Waals surface area (Å²) in [6, 6.07) is 6.14. The predicted octanol–water partition coefficient (Wildman–Crippen LogP) is 2.13. The molecule has 1 aromatic carbocycles. The second kappa shape index (κ2) is 8.17. The van der Waals surface area contributed by atoms with E-state index in [0.717, 1.165) is 29.7 Å². The van der Waals surface area contributed by atoms with E-state index in [1.165, 1.54) is 5.56 Å². The maximum absolute atomic E-state index is 11.7. The summed E-state index contributed by atoms with van der Waals surface area (Å²) in [5.41, 5.74) is 2.23. The summed E-state index contributed by atoms with van der Waals surface area (Å²) in [7, 11) is 3.84. The number of benzene rings is 1. The van der Waals surface area contributed by atoms with E-state index in [4.69, 9.17) is 0 Å². The molecule has 0 spiro atoms. The zero-order valence-corrected chi connectivity index (χ0v) is 13.4. The molecule has 0 saturated carbocycles. The van der Waals surface area contributed by atoms with Crippen LogP contribution in [-0.4, -0.2) is 33.1 Å². The maximum atomic E-state index is 11.7. The summed E-state index contributed by atoms with van der Waals surface area (Å²) >= 11 is 3.56. The number of nitrogens with one attached hydrogen (secondary N) is 2. The van der Waals surface area contributed by atoms with Crippen molar-refractivity contribution >= 4 is 27.5 Å². The topological polar surface area (TPSA) is 44.4 Å². The van der Waals surface area contributed by atoms with Gasteiger partial charge in [-0.05, 0) is 31.2 Å². The molecule has 0 fully saturated rings. The molecular formula is C14H22BrN3O. The molecule has 106 valence electrons. The smallest absolute Gasteiger partial charge is 0.239 e. The van der Waals surface area contributed by atoms with E-state index in [9.17, 15) is 4.79 Å². The number of anilines is 1. The van der Waals surface area contributed by atoms with Crippen molar-refractivity contribution in [3.63, 3.8) is 0 Å². The van der Waals surface area contributed by atoms with Gasteiger partial charge in [-0.3, -0.25) is 4.79 Å². The SMILES string of the molecule is CCCNC(=O)CN(C)c1ccc(CNC)c(Br)c1. The van der Waals surface area contributed by atoms with Crippen molar-refractivity contribution in [1.82, 2.24) is 10.6 Å². The second-order valence-electron chi connectivity index (χ2n) is 4.51. The van der Waals surface area contributed by atoms with Crippen molar-refractivity contribution in [1.29, 1.82) is 0 Å². The number of halogens is 1. The van der Waals surface area contributed by atoms with E-state index in [1.807, 2.05) is 38.1 Å². The fourth-order valence-corrected chi connectivity index (χ4v) is 2.24. The number of likely N-dealkylation sites (N-methyl/N-ethyl adjacent to an activating group) is 1. The molecule has 0 aliphatic heterocycles. The number of carbonyl (C=O) groups is 1. The van der Waals surface area contributed by atoms with Crippen molar-refractivity contribution in [3.05, 3.63) is 28.2 Å². The molecule has 0 bridgehead atoms. The fourth-order valence-electron chi connectivity index (χ4n) is 1.73. The number of rotatable bonds is 7. The third-order valence-corrected chi connectivity index (χ3v) is 3.54. The van der Waals surface area contributed by atoms with Crippen LogP contribution in [0.25, 0.3) is 0 Å². The molecule has 4 nitrogen and oxygen atoms in total. The number of amides is 1. The Kier molecular flexibility index (Phi) is 6.87. The summed E-state index contributed by atoms with van der Waals surface area (Å²) in [6.07, 6.45) is 0.958. The minimum absolute atomic E-state index is 0.0553. The highest BCUT2D eigenvalue weighted by Gasteiger charge is 2.08. The van der Waals surface area contributed by atoms with Gasteiger partial charge in [-0.2, -0.15) is 0 Å². The summed E-state index contributed by atoms with van der Waals surface area (Å²) < 4.78 is 1.06. The van der Waals surface area contributed by atoms with Crippen LogP contribution in [0.3, 0.4) is 0 Å². The van der Waals surface area contributed by atoms with E-state index < -0.39 is 0 Å². The summed E-state index contributed by atoms with van der Waals surface area (Å²) in [5.74, 6) is 0.0553. The molecule has 0 aliphatic carbocycles. The maximum Gasteiger partial charge on any atom is 0.239 e. The van der Waals surface area contributed by atoms with Gasteiger partial charge in [0, 0.05) is 30.3 Å². The van der Waals surface area contributed by atoms with E-state index >= 15 is 0 Å². The normalized spacial score (nSPS) is 10.3. The first-order chi connectivity index (χ1) is 9.08. The standard InChI is InChI=1S/C14H22BrN3O/c1-4-7-17-14(19)10-18(3)12-6-5-11(9-16-2)13(15)8-12/h5-6,8,16H,4,7,9-10H2,1-3H3,(H,17,19). The van der Waals surface area contributed by atoms with Gasteiger partial charge in [0.05, 0.1) is 6.54 Å². The predicted molar refractivity (Wildman–Crippen MR) is 83.5 cm³/mol. The number of carbonyl (C=O) groups excluding carboxylic acids is 1. The van der Waals surface area contributed by atoms with E-state index in [0.29, 0.717) is 6.54 Å². The Balaban J connectivity index is 2.64. The molecular weight excluding hydrogens is 306 g/mol. The van der Waals surface area contributed by atoms with Gasteiger partial charge >= 0.3 is 0 Å². The first kappa shape index (κ1) is 16.0. The third kappa shape index (κ3) is 5.20. The fraction of sp³-hybridized carbons (Fsp3) is 0.500. The lowest BCUT2D eigenvalue weighted by atomic mass is 10.2. The molecule has 0 aromatic heterocycles. The lowest BCUT2D eigenvalue weighted by Crippen LogP contribution is -2.35. The molecule has 0 atom stereocenters. The van der Waals surface area contributed by atoms with Crippen LogP contribution >= 0.6 is 15.9 Å². The zero-order valence-electron chi connectivity index (χ0n) is 11.8. The molecule has 0 unspecified atom stereocenters. The minimum atomic E-state index is 0.0553. The first-order valence-corrected chi connectivity index (χ1v) is 7.28. The van der Waals surface area contributed by atoms with Gasteiger partial charge in [-0.15, -0.1) is 0 Å². The lowest BCUT2D eigenvalue weighted by molar-refractivity contribution is -0.119. The highest BCUT2D eigenvalue weighted by molar-refractivity contribution is 9.10. The summed E-state index contributed by atoms with van der Waals surface area (Å²) in [5, 5.41) is 6.00. The van der Waals surface area contributed by atoms with Crippen molar-refractivity contribution in [3.8, 4) is 0 Å². The number of hydrogen-bond acceptors (Lipinski definition) is 3. The van der Waals surface area contributed by atoms with Gasteiger partial charge in [0.1, 0.15) is 0 Å². The van der Waals surface area contributed by atoms with Gasteiger partial charge in [-0.1, -0.05) is 28.9 Å². The molecule has 2 N–H and O–H groups in total. The Labute approximate surface area is 123 Å². The summed E-state index contributed by atoms with van der Waals surface area (Å²) in [4.78, 5) is 13.6. The molecule has 1 aromatic rings. The van der Waals surface area contributed by atoms with Crippen molar-refractivity contribution < 1.29 is 4.79 Å². The van der Waals surface area contributed by atoms with Crippen molar-refractivity contribution in [2.24, 2.45) is 0 Å². The van der Waals surface area contributed by atoms with Crippen molar-refractivity contribution in [2.45, 2.75) is 19.9 Å². The molecule has 1 rings (SSSR count). The minimum Gasteiger partial charge on any atom is -0.365 e.